The quantitative estimate of drug-likeness (QED) is 0.679. The van der Waals surface area contributed by atoms with Gasteiger partial charge in [0.1, 0.15) is 4.90 Å². The molecule has 0 aliphatic heterocycles. The molecular formula is C16H14F5N3S. The predicted octanol–water partition coefficient (Wildman–Crippen LogP) is 5.91. The molecule has 0 bridgehead atoms. The van der Waals surface area contributed by atoms with E-state index < -0.39 is 20.7 Å². The molecule has 25 heavy (non-hydrogen) atoms. The minimum Gasteiger partial charge on any atom is -0.364 e. The summed E-state index contributed by atoms with van der Waals surface area (Å²) in [7, 11) is -9.70. The first kappa shape index (κ1) is 17.5. The van der Waals surface area contributed by atoms with Gasteiger partial charge < -0.3 is 5.32 Å². The number of aromatic nitrogens is 1. The molecule has 1 atom stereocenters. The Hall–Kier alpha value is -2.34. The van der Waals surface area contributed by atoms with E-state index in [4.69, 9.17) is 0 Å². The highest BCUT2D eigenvalue weighted by molar-refractivity contribution is 8.45. The van der Waals surface area contributed by atoms with Crippen molar-refractivity contribution >= 4 is 15.9 Å². The van der Waals surface area contributed by atoms with Crippen molar-refractivity contribution in [2.45, 2.75) is 29.7 Å². The van der Waals surface area contributed by atoms with Crippen molar-refractivity contribution < 1.29 is 19.4 Å². The Kier molecular flexibility index (Phi) is 3.39. The Balaban J connectivity index is 1.97. The zero-order valence-electron chi connectivity index (χ0n) is 12.9. The average molecular weight is 375 g/mol. The van der Waals surface area contributed by atoms with Crippen LogP contribution in [0, 0.1) is 11.3 Å². The zero-order valence-corrected chi connectivity index (χ0v) is 13.7. The molecule has 1 N–H and O–H groups in total. The monoisotopic (exact) mass is 375 g/mol. The SMILES string of the molecule is N#CC1(Nc2ccc(S(F)(F)(F)(F)F)cc2)CCCc2ccncc21. The molecule has 0 saturated heterocycles. The number of rotatable bonds is 3. The van der Waals surface area contributed by atoms with E-state index in [0.29, 0.717) is 30.5 Å². The predicted molar refractivity (Wildman–Crippen MR) is 85.9 cm³/mol. The van der Waals surface area contributed by atoms with Crippen LogP contribution in [-0.4, -0.2) is 4.98 Å². The summed E-state index contributed by atoms with van der Waals surface area (Å²) in [4.78, 5) is 2.06. The number of hydrogen-bond acceptors (Lipinski definition) is 3. The number of hydrogen-bond donors (Lipinski definition) is 1. The van der Waals surface area contributed by atoms with Crippen LogP contribution < -0.4 is 5.32 Å². The molecule has 1 unspecified atom stereocenters. The van der Waals surface area contributed by atoms with Gasteiger partial charge in [0, 0.05) is 23.6 Å². The molecule has 9 heteroatoms. The van der Waals surface area contributed by atoms with E-state index in [9.17, 15) is 24.7 Å². The maximum Gasteiger partial charge on any atom is 0.310 e. The van der Waals surface area contributed by atoms with Crippen molar-refractivity contribution in [3.05, 3.63) is 53.9 Å². The molecule has 1 aromatic carbocycles. The molecule has 2 aromatic rings. The van der Waals surface area contributed by atoms with Crippen LogP contribution in [0.15, 0.2) is 47.6 Å². The number of nitrogens with one attached hydrogen (secondary N) is 1. The number of aryl methyl sites for hydroxylation is 1. The van der Waals surface area contributed by atoms with E-state index in [1.807, 2.05) is 0 Å². The molecule has 0 amide bonds. The van der Waals surface area contributed by atoms with Crippen LogP contribution >= 0.6 is 10.2 Å². The van der Waals surface area contributed by atoms with Crippen LogP contribution in [0.3, 0.4) is 0 Å². The highest BCUT2D eigenvalue weighted by Gasteiger charge is 2.65. The second kappa shape index (κ2) is 4.85. The van der Waals surface area contributed by atoms with Gasteiger partial charge in [-0.1, -0.05) is 19.4 Å². The van der Waals surface area contributed by atoms with Gasteiger partial charge in [0.15, 0.2) is 5.54 Å². The summed E-state index contributed by atoms with van der Waals surface area (Å²) in [6.07, 6.45) is 5.07. The Morgan fingerprint density at radius 2 is 1.76 bits per heavy atom. The Labute approximate surface area is 141 Å². The van der Waals surface area contributed by atoms with E-state index in [2.05, 4.69) is 16.4 Å². The molecule has 1 heterocycles. The number of pyridine rings is 1. The maximum absolute atomic E-state index is 12.8. The van der Waals surface area contributed by atoms with Crippen LogP contribution in [0.2, 0.25) is 0 Å². The molecule has 0 spiro atoms. The fourth-order valence-electron chi connectivity index (χ4n) is 3.02. The number of halogens is 5. The van der Waals surface area contributed by atoms with Gasteiger partial charge in [0.2, 0.25) is 0 Å². The Bertz CT molecular complexity index is 859. The van der Waals surface area contributed by atoms with Gasteiger partial charge in [-0.25, -0.2) is 0 Å². The zero-order chi connectivity index (χ0) is 18.4. The first-order chi connectivity index (χ1) is 11.4. The standard InChI is InChI=1S/C16H14F5N3S/c17-25(18,19,20,21)14-5-3-13(4-6-14)24-16(11-22)8-1-2-12-7-9-23-10-15(12)16/h3-7,9-10,24H,1-2,8H2. The summed E-state index contributed by atoms with van der Waals surface area (Å²) in [5, 5.41) is 12.6. The number of benzene rings is 1. The van der Waals surface area contributed by atoms with Crippen LogP contribution in [0.5, 0.6) is 0 Å². The minimum atomic E-state index is -9.70. The van der Waals surface area contributed by atoms with Crippen LogP contribution in [0.1, 0.15) is 24.0 Å². The first-order valence-corrected chi connectivity index (χ1v) is 9.36. The van der Waals surface area contributed by atoms with Crippen molar-refractivity contribution in [3.8, 4) is 6.07 Å². The normalized spacial score (nSPS) is 22.9. The van der Waals surface area contributed by atoms with Gasteiger partial charge in [0.05, 0.1) is 6.07 Å². The van der Waals surface area contributed by atoms with Gasteiger partial charge in [-0.15, -0.1) is 0 Å². The lowest BCUT2D eigenvalue weighted by Crippen LogP contribution is -2.37. The van der Waals surface area contributed by atoms with Crippen LogP contribution in [0.25, 0.3) is 0 Å². The van der Waals surface area contributed by atoms with Crippen molar-refractivity contribution in [2.24, 2.45) is 0 Å². The Morgan fingerprint density at radius 1 is 1.08 bits per heavy atom. The number of nitrogens with zero attached hydrogens (tertiary/aromatic N) is 2. The molecule has 1 aliphatic carbocycles. The number of nitriles is 1. The molecule has 3 rings (SSSR count). The molecule has 134 valence electrons. The summed E-state index contributed by atoms with van der Waals surface area (Å²) in [6.45, 7) is 0. The van der Waals surface area contributed by atoms with E-state index in [-0.39, 0.29) is 5.69 Å². The van der Waals surface area contributed by atoms with Crippen LogP contribution in [0.4, 0.5) is 25.1 Å². The molecular weight excluding hydrogens is 361 g/mol. The molecule has 0 saturated carbocycles. The summed E-state index contributed by atoms with van der Waals surface area (Å²) in [5.74, 6) is 0. The third-order valence-corrected chi connectivity index (χ3v) is 5.38. The minimum absolute atomic E-state index is 0.156. The smallest absolute Gasteiger partial charge is 0.310 e. The van der Waals surface area contributed by atoms with E-state index >= 15 is 0 Å². The topological polar surface area (TPSA) is 48.7 Å². The second-order valence-electron chi connectivity index (χ2n) is 6.02. The lowest BCUT2D eigenvalue weighted by Gasteiger charge is -2.40. The fraction of sp³-hybridized carbons (Fsp3) is 0.250. The molecule has 1 aromatic heterocycles. The van der Waals surface area contributed by atoms with Gasteiger partial charge in [-0.05, 0) is 55.2 Å². The molecule has 1 aliphatic rings. The summed E-state index contributed by atoms with van der Waals surface area (Å²) in [5.41, 5.74) is 0.585. The van der Waals surface area contributed by atoms with Gasteiger partial charge >= 0.3 is 10.2 Å². The number of fused-ring (bicyclic) bond motifs is 1. The highest BCUT2D eigenvalue weighted by atomic mass is 32.5. The van der Waals surface area contributed by atoms with Crippen molar-refractivity contribution in [1.29, 1.82) is 5.26 Å². The third-order valence-electron chi connectivity index (χ3n) is 4.22. The molecule has 0 fully saturated rings. The number of anilines is 1. The highest BCUT2D eigenvalue weighted by Crippen LogP contribution is 3.02. The lowest BCUT2D eigenvalue weighted by atomic mass is 9.78. The lowest BCUT2D eigenvalue weighted by molar-refractivity contribution is 0.364. The van der Waals surface area contributed by atoms with Gasteiger partial charge in [-0.2, -0.15) is 5.26 Å². The third kappa shape index (κ3) is 3.39. The summed E-state index contributed by atoms with van der Waals surface area (Å²) < 4.78 is 64.0. The van der Waals surface area contributed by atoms with Crippen molar-refractivity contribution in [2.75, 3.05) is 5.32 Å². The van der Waals surface area contributed by atoms with E-state index in [1.54, 1.807) is 18.5 Å². The molecule has 3 nitrogen and oxygen atoms in total. The van der Waals surface area contributed by atoms with Gasteiger partial charge in [0.25, 0.3) is 0 Å². The van der Waals surface area contributed by atoms with Crippen molar-refractivity contribution in [1.82, 2.24) is 4.98 Å². The second-order valence-corrected chi connectivity index (χ2v) is 8.43. The van der Waals surface area contributed by atoms with Crippen LogP contribution in [-0.2, 0) is 12.0 Å². The molecule has 0 radical (unpaired) electrons. The summed E-state index contributed by atoms with van der Waals surface area (Å²) >= 11 is 0. The fourth-order valence-corrected chi connectivity index (χ4v) is 3.67. The Morgan fingerprint density at radius 3 is 2.36 bits per heavy atom. The van der Waals surface area contributed by atoms with Crippen molar-refractivity contribution in [3.63, 3.8) is 0 Å². The largest absolute Gasteiger partial charge is 0.364 e. The van der Waals surface area contributed by atoms with E-state index in [0.717, 1.165) is 24.1 Å². The van der Waals surface area contributed by atoms with E-state index in [1.165, 1.54) is 0 Å². The van der Waals surface area contributed by atoms with Gasteiger partial charge in [-0.3, -0.25) is 4.98 Å². The summed E-state index contributed by atoms with van der Waals surface area (Å²) in [6, 6.07) is 6.46. The first-order valence-electron chi connectivity index (χ1n) is 7.40. The maximum atomic E-state index is 12.8. The average Bonchev–Trinajstić information content (AvgIpc) is 2.53.